The second-order valence-electron chi connectivity index (χ2n) is 3.21. The quantitative estimate of drug-likeness (QED) is 0.589. The first kappa shape index (κ1) is 11.3. The molecule has 1 N–H and O–H groups in total. The fourth-order valence-electron chi connectivity index (χ4n) is 1.57. The highest BCUT2D eigenvalue weighted by atomic mass is 79.9. The molecule has 4 nitrogen and oxygen atoms in total. The molecule has 1 heterocycles. The number of nitrogens with one attached hydrogen (secondary N) is 1. The Hall–Kier alpha value is -2.18. The van der Waals surface area contributed by atoms with Gasteiger partial charge in [0, 0.05) is 5.56 Å². The second kappa shape index (κ2) is 4.00. The third-order valence-electron chi connectivity index (χ3n) is 2.29. The summed E-state index contributed by atoms with van der Waals surface area (Å²) < 4.78 is 14.0. The maximum absolute atomic E-state index is 13.9. The zero-order chi connectivity index (χ0) is 12.6. The molecule has 17 heavy (non-hydrogen) atoms. The molecule has 0 radical (unpaired) electrons. The van der Waals surface area contributed by atoms with Crippen molar-refractivity contribution < 1.29 is 9.18 Å². The number of nitriles is 2. The van der Waals surface area contributed by atoms with E-state index in [-0.39, 0.29) is 21.3 Å². The monoisotopic (exact) mass is 291 g/mol. The van der Waals surface area contributed by atoms with Crippen molar-refractivity contribution in [1.29, 1.82) is 10.5 Å². The van der Waals surface area contributed by atoms with Crippen molar-refractivity contribution >= 4 is 33.1 Å². The lowest BCUT2D eigenvalue weighted by atomic mass is 10.0. The molecule has 82 valence electrons. The zero-order valence-electron chi connectivity index (χ0n) is 8.21. The topological polar surface area (TPSA) is 76.7 Å². The number of fused-ring (bicyclic) bond motifs is 1. The molecule has 0 bridgehead atoms. The van der Waals surface area contributed by atoms with Gasteiger partial charge < -0.3 is 5.32 Å². The smallest absolute Gasteiger partial charge is 0.258 e. The lowest BCUT2D eigenvalue weighted by Gasteiger charge is -2.01. The molecule has 0 fully saturated rings. The molecular weight excluding hydrogens is 289 g/mol. The minimum absolute atomic E-state index is 0.0394. The fraction of sp³-hybridized carbons (Fsp3) is 0. The van der Waals surface area contributed by atoms with Gasteiger partial charge in [-0.2, -0.15) is 10.5 Å². The molecular formula is C11H3BrFN3O. The third kappa shape index (κ3) is 1.59. The van der Waals surface area contributed by atoms with Gasteiger partial charge in [-0.15, -0.1) is 0 Å². The summed E-state index contributed by atoms with van der Waals surface area (Å²) in [6, 6.07) is 6.11. The van der Waals surface area contributed by atoms with Crippen LogP contribution in [-0.2, 0) is 4.79 Å². The molecule has 0 spiro atoms. The average molecular weight is 292 g/mol. The molecule has 2 rings (SSSR count). The maximum Gasteiger partial charge on any atom is 0.258 e. The number of anilines is 1. The van der Waals surface area contributed by atoms with E-state index in [9.17, 15) is 9.18 Å². The first-order valence-electron chi connectivity index (χ1n) is 4.44. The van der Waals surface area contributed by atoms with Crippen LogP contribution in [0.2, 0.25) is 0 Å². The number of allylic oxidation sites excluding steroid dienone is 1. The van der Waals surface area contributed by atoms with Gasteiger partial charge in [-0.1, -0.05) is 0 Å². The summed E-state index contributed by atoms with van der Waals surface area (Å²) in [4.78, 5) is 11.6. The van der Waals surface area contributed by atoms with E-state index < -0.39 is 17.3 Å². The van der Waals surface area contributed by atoms with Crippen molar-refractivity contribution in [2.24, 2.45) is 0 Å². The molecule has 1 aromatic carbocycles. The minimum Gasteiger partial charge on any atom is -0.321 e. The van der Waals surface area contributed by atoms with Gasteiger partial charge in [0.2, 0.25) is 0 Å². The highest BCUT2D eigenvalue weighted by Crippen LogP contribution is 2.38. The standard InChI is InChI=1S/C11H3BrFN3O/c12-6-1-2-7-9(10(6)13)8(11(17)16-7)5(3-14)4-15/h1-2H,(H,16,17). The van der Waals surface area contributed by atoms with Crippen LogP contribution in [0.3, 0.4) is 0 Å². The molecule has 1 amide bonds. The Morgan fingerprint density at radius 1 is 1.35 bits per heavy atom. The van der Waals surface area contributed by atoms with Gasteiger partial charge in [0.15, 0.2) is 0 Å². The molecule has 0 aromatic heterocycles. The van der Waals surface area contributed by atoms with Crippen LogP contribution in [0.1, 0.15) is 5.56 Å². The van der Waals surface area contributed by atoms with Crippen molar-refractivity contribution in [3.63, 3.8) is 0 Å². The molecule has 0 aliphatic carbocycles. The number of hydrogen-bond acceptors (Lipinski definition) is 3. The Kier molecular flexibility index (Phi) is 2.66. The van der Waals surface area contributed by atoms with Crippen LogP contribution in [0, 0.1) is 28.5 Å². The van der Waals surface area contributed by atoms with E-state index in [2.05, 4.69) is 21.2 Å². The number of benzene rings is 1. The summed E-state index contributed by atoms with van der Waals surface area (Å²) >= 11 is 2.99. The Bertz CT molecular complexity index is 636. The van der Waals surface area contributed by atoms with E-state index >= 15 is 0 Å². The molecule has 6 heteroatoms. The molecule has 0 atom stereocenters. The summed E-state index contributed by atoms with van der Waals surface area (Å²) in [6.07, 6.45) is 0. The van der Waals surface area contributed by atoms with Crippen molar-refractivity contribution in [2.75, 3.05) is 5.32 Å². The number of nitrogens with zero attached hydrogens (tertiary/aromatic N) is 2. The number of halogens is 2. The molecule has 0 saturated heterocycles. The minimum atomic E-state index is -0.668. The van der Waals surface area contributed by atoms with Crippen molar-refractivity contribution in [3.05, 3.63) is 33.6 Å². The van der Waals surface area contributed by atoms with Crippen molar-refractivity contribution in [1.82, 2.24) is 0 Å². The summed E-state index contributed by atoms with van der Waals surface area (Å²) in [5, 5.41) is 19.9. The first-order chi connectivity index (χ1) is 8.10. The Balaban J connectivity index is 2.84. The summed E-state index contributed by atoms with van der Waals surface area (Å²) in [5.41, 5.74) is -0.404. The molecule has 1 aromatic rings. The van der Waals surface area contributed by atoms with Gasteiger partial charge in [-0.25, -0.2) is 4.39 Å². The van der Waals surface area contributed by atoms with E-state index in [1.807, 2.05) is 0 Å². The lowest BCUT2D eigenvalue weighted by molar-refractivity contribution is -0.110. The second-order valence-corrected chi connectivity index (χ2v) is 4.07. The SMILES string of the molecule is N#CC(C#N)=C1C(=O)Nc2ccc(Br)c(F)c21. The van der Waals surface area contributed by atoms with E-state index in [0.717, 1.165) is 0 Å². The zero-order valence-corrected chi connectivity index (χ0v) is 9.80. The fourth-order valence-corrected chi connectivity index (χ4v) is 1.90. The highest BCUT2D eigenvalue weighted by molar-refractivity contribution is 9.10. The summed E-state index contributed by atoms with van der Waals surface area (Å²) in [6.45, 7) is 0. The van der Waals surface area contributed by atoms with Crippen molar-refractivity contribution in [3.8, 4) is 12.1 Å². The van der Waals surface area contributed by atoms with Crippen LogP contribution in [0.5, 0.6) is 0 Å². The molecule has 1 aliphatic rings. The average Bonchev–Trinajstić information content (AvgIpc) is 2.64. The summed E-state index contributed by atoms with van der Waals surface area (Å²) in [5.74, 6) is -1.31. The molecule has 0 unspecified atom stereocenters. The molecule has 1 aliphatic heterocycles. The largest absolute Gasteiger partial charge is 0.321 e. The van der Waals surface area contributed by atoms with Crippen LogP contribution >= 0.6 is 15.9 Å². The first-order valence-corrected chi connectivity index (χ1v) is 5.23. The lowest BCUT2D eigenvalue weighted by Crippen LogP contribution is -2.05. The van der Waals surface area contributed by atoms with Crippen LogP contribution in [0.25, 0.3) is 5.57 Å². The van der Waals surface area contributed by atoms with Gasteiger partial charge in [-0.05, 0) is 28.1 Å². The van der Waals surface area contributed by atoms with Crippen LogP contribution in [-0.4, -0.2) is 5.91 Å². The van der Waals surface area contributed by atoms with Gasteiger partial charge in [0.25, 0.3) is 5.91 Å². The number of carbonyl (C=O) groups is 1. The van der Waals surface area contributed by atoms with E-state index in [0.29, 0.717) is 0 Å². The number of amides is 1. The Morgan fingerprint density at radius 3 is 2.59 bits per heavy atom. The Morgan fingerprint density at radius 2 is 2.00 bits per heavy atom. The van der Waals surface area contributed by atoms with Crippen LogP contribution in [0.4, 0.5) is 10.1 Å². The van der Waals surface area contributed by atoms with E-state index in [1.165, 1.54) is 12.1 Å². The normalized spacial score (nSPS) is 12.5. The van der Waals surface area contributed by atoms with Gasteiger partial charge in [-0.3, -0.25) is 4.79 Å². The Labute approximate surface area is 104 Å². The molecule has 0 saturated carbocycles. The van der Waals surface area contributed by atoms with Crippen molar-refractivity contribution in [2.45, 2.75) is 0 Å². The number of hydrogen-bond donors (Lipinski definition) is 1. The van der Waals surface area contributed by atoms with Gasteiger partial charge in [0.05, 0.1) is 15.7 Å². The van der Waals surface area contributed by atoms with Gasteiger partial charge in [0.1, 0.15) is 23.5 Å². The predicted octanol–water partition coefficient (Wildman–Crippen LogP) is 2.34. The maximum atomic E-state index is 13.9. The van der Waals surface area contributed by atoms with E-state index in [1.54, 1.807) is 12.1 Å². The number of rotatable bonds is 0. The van der Waals surface area contributed by atoms with Crippen LogP contribution < -0.4 is 5.32 Å². The van der Waals surface area contributed by atoms with E-state index in [4.69, 9.17) is 10.5 Å². The third-order valence-corrected chi connectivity index (χ3v) is 2.91. The predicted molar refractivity (Wildman–Crippen MR) is 60.9 cm³/mol. The van der Waals surface area contributed by atoms with Gasteiger partial charge >= 0.3 is 0 Å². The van der Waals surface area contributed by atoms with Crippen LogP contribution in [0.15, 0.2) is 22.2 Å². The summed E-state index contributed by atoms with van der Waals surface area (Å²) in [7, 11) is 0. The number of carbonyl (C=O) groups excluding carboxylic acids is 1. The highest BCUT2D eigenvalue weighted by Gasteiger charge is 2.31.